The number of halogens is 4. The molecule has 1 saturated carbocycles. The maximum absolute atomic E-state index is 13.6. The highest BCUT2D eigenvalue weighted by atomic mass is 35.5. The summed E-state index contributed by atoms with van der Waals surface area (Å²) < 4.78 is 40.2. The van der Waals surface area contributed by atoms with Gasteiger partial charge in [0, 0.05) is 22.3 Å². The summed E-state index contributed by atoms with van der Waals surface area (Å²) >= 11 is 5.88. The molecule has 0 bridgehead atoms. The summed E-state index contributed by atoms with van der Waals surface area (Å²) in [4.78, 5) is 17.0. The van der Waals surface area contributed by atoms with Crippen molar-refractivity contribution in [1.82, 2.24) is 5.32 Å². The molecule has 0 heterocycles. The van der Waals surface area contributed by atoms with Crippen molar-refractivity contribution in [2.45, 2.75) is 37.8 Å². The Morgan fingerprint density at radius 1 is 1.03 bits per heavy atom. The molecule has 5 nitrogen and oxygen atoms in total. The van der Waals surface area contributed by atoms with Crippen molar-refractivity contribution < 1.29 is 18.0 Å². The molecule has 154 valence electrons. The van der Waals surface area contributed by atoms with Crippen LogP contribution in [0.3, 0.4) is 0 Å². The lowest BCUT2D eigenvalue weighted by molar-refractivity contribution is 0.0976. The highest BCUT2D eigenvalue weighted by Crippen LogP contribution is 2.21. The molecule has 3 rings (SSSR count). The second-order valence-electron chi connectivity index (χ2n) is 6.91. The third kappa shape index (κ3) is 5.95. The van der Waals surface area contributed by atoms with Crippen molar-refractivity contribution >= 4 is 29.2 Å². The second kappa shape index (κ2) is 9.28. The third-order valence-corrected chi connectivity index (χ3v) is 4.81. The number of nitrogens with one attached hydrogen (secondary N) is 2. The SMILES string of the molecule is NC1CCC(N=C(NC(=O)c2ccc(F)c(F)c2)Nc2cc(F)cc(Cl)c2)CC1. The van der Waals surface area contributed by atoms with E-state index in [2.05, 4.69) is 15.6 Å². The summed E-state index contributed by atoms with van der Waals surface area (Å²) in [5.41, 5.74) is 6.11. The van der Waals surface area contributed by atoms with Gasteiger partial charge in [0.05, 0.1) is 6.04 Å². The molecule has 0 spiro atoms. The van der Waals surface area contributed by atoms with Gasteiger partial charge in [0.25, 0.3) is 5.91 Å². The lowest BCUT2D eigenvalue weighted by Crippen LogP contribution is -2.38. The summed E-state index contributed by atoms with van der Waals surface area (Å²) in [7, 11) is 0. The molecule has 9 heteroatoms. The van der Waals surface area contributed by atoms with E-state index in [9.17, 15) is 18.0 Å². The number of guanidine groups is 1. The molecular formula is C20H20ClF3N4O. The molecule has 0 unspecified atom stereocenters. The minimum atomic E-state index is -1.14. The van der Waals surface area contributed by atoms with Crippen LogP contribution in [0.15, 0.2) is 41.4 Å². The minimum Gasteiger partial charge on any atom is -0.328 e. The fraction of sp³-hybridized carbons (Fsp3) is 0.300. The predicted molar refractivity (Wildman–Crippen MR) is 107 cm³/mol. The van der Waals surface area contributed by atoms with Gasteiger partial charge in [-0.25, -0.2) is 18.2 Å². The first-order valence-electron chi connectivity index (χ1n) is 9.13. The van der Waals surface area contributed by atoms with Crippen LogP contribution < -0.4 is 16.4 Å². The Bertz CT molecular complexity index is 910. The van der Waals surface area contributed by atoms with Crippen molar-refractivity contribution in [3.8, 4) is 0 Å². The molecule has 1 amide bonds. The van der Waals surface area contributed by atoms with E-state index in [1.807, 2.05) is 0 Å². The molecule has 0 aromatic heterocycles. The van der Waals surface area contributed by atoms with Crippen LogP contribution >= 0.6 is 11.6 Å². The highest BCUT2D eigenvalue weighted by molar-refractivity contribution is 6.31. The number of nitrogens with two attached hydrogens (primary N) is 1. The maximum atomic E-state index is 13.6. The Labute approximate surface area is 171 Å². The van der Waals surface area contributed by atoms with E-state index in [-0.39, 0.29) is 34.3 Å². The fourth-order valence-electron chi connectivity index (χ4n) is 3.09. The molecule has 29 heavy (non-hydrogen) atoms. The first kappa shape index (κ1) is 21.1. The number of carbonyl (C=O) groups is 1. The fourth-order valence-corrected chi connectivity index (χ4v) is 3.31. The summed E-state index contributed by atoms with van der Waals surface area (Å²) in [5, 5.41) is 5.55. The van der Waals surface area contributed by atoms with E-state index in [4.69, 9.17) is 17.3 Å². The number of carbonyl (C=O) groups excluding carboxylic acids is 1. The van der Waals surface area contributed by atoms with Gasteiger partial charge in [-0.1, -0.05) is 11.6 Å². The molecule has 0 radical (unpaired) electrons. The van der Waals surface area contributed by atoms with Crippen molar-refractivity contribution in [2.24, 2.45) is 10.7 Å². The number of aliphatic imine (C=N–C) groups is 1. The zero-order valence-corrected chi connectivity index (χ0v) is 16.1. The summed E-state index contributed by atoms with van der Waals surface area (Å²) in [5.74, 6) is -3.38. The zero-order chi connectivity index (χ0) is 21.0. The van der Waals surface area contributed by atoms with Crippen molar-refractivity contribution in [2.75, 3.05) is 5.32 Å². The quantitative estimate of drug-likeness (QED) is 0.509. The summed E-state index contributed by atoms with van der Waals surface area (Å²) in [6, 6.07) is 6.66. The second-order valence-corrected chi connectivity index (χ2v) is 7.35. The molecule has 0 saturated heterocycles. The monoisotopic (exact) mass is 424 g/mol. The average molecular weight is 425 g/mol. The number of hydrogen-bond donors (Lipinski definition) is 3. The van der Waals surface area contributed by atoms with E-state index < -0.39 is 23.4 Å². The van der Waals surface area contributed by atoms with Gasteiger partial charge < -0.3 is 11.1 Å². The van der Waals surface area contributed by atoms with Crippen LogP contribution in [0, 0.1) is 17.5 Å². The van der Waals surface area contributed by atoms with E-state index in [0.717, 1.165) is 49.9 Å². The number of amides is 1. The van der Waals surface area contributed by atoms with Crippen LogP contribution in [0.1, 0.15) is 36.0 Å². The molecule has 2 aromatic rings. The molecule has 1 aliphatic rings. The van der Waals surface area contributed by atoms with Gasteiger partial charge in [0.15, 0.2) is 11.6 Å². The summed E-state index contributed by atoms with van der Waals surface area (Å²) in [6.45, 7) is 0. The van der Waals surface area contributed by atoms with Gasteiger partial charge in [-0.05, 0) is 62.1 Å². The molecule has 0 aliphatic heterocycles. The van der Waals surface area contributed by atoms with Crippen LogP contribution in [0.25, 0.3) is 0 Å². The lowest BCUT2D eigenvalue weighted by atomic mass is 9.92. The molecule has 1 aliphatic carbocycles. The highest BCUT2D eigenvalue weighted by Gasteiger charge is 2.20. The Hall–Kier alpha value is -2.58. The Morgan fingerprint density at radius 3 is 2.41 bits per heavy atom. The number of rotatable bonds is 3. The van der Waals surface area contributed by atoms with Crippen LogP contribution in [-0.4, -0.2) is 24.0 Å². The Morgan fingerprint density at radius 2 is 1.76 bits per heavy atom. The van der Waals surface area contributed by atoms with E-state index in [0.29, 0.717) is 0 Å². The van der Waals surface area contributed by atoms with Gasteiger partial charge in [0.1, 0.15) is 5.82 Å². The van der Waals surface area contributed by atoms with E-state index in [1.165, 1.54) is 12.1 Å². The van der Waals surface area contributed by atoms with Gasteiger partial charge in [-0.3, -0.25) is 10.1 Å². The largest absolute Gasteiger partial charge is 0.328 e. The van der Waals surface area contributed by atoms with Gasteiger partial charge in [0.2, 0.25) is 5.96 Å². The minimum absolute atomic E-state index is 0.0573. The van der Waals surface area contributed by atoms with Crippen molar-refractivity contribution in [1.29, 1.82) is 0 Å². The predicted octanol–water partition coefficient (Wildman–Crippen LogP) is 4.23. The normalized spacial score (nSPS) is 19.7. The number of hydrogen-bond acceptors (Lipinski definition) is 3. The van der Waals surface area contributed by atoms with Gasteiger partial charge in [-0.2, -0.15) is 0 Å². The summed E-state index contributed by atoms with van der Waals surface area (Å²) in [6.07, 6.45) is 3.06. The van der Waals surface area contributed by atoms with Crippen LogP contribution in [0.2, 0.25) is 5.02 Å². The number of benzene rings is 2. The standard InChI is InChI=1S/C20H20ClF3N4O/c21-12-8-13(22)10-16(9-12)27-20(26-15-4-2-14(25)3-5-15)28-19(29)11-1-6-17(23)18(24)7-11/h1,6-10,14-15H,2-5,25H2,(H2,26,27,28,29). The number of nitrogens with zero attached hydrogens (tertiary/aromatic N) is 1. The molecule has 2 aromatic carbocycles. The van der Waals surface area contributed by atoms with Crippen molar-refractivity contribution in [3.63, 3.8) is 0 Å². The van der Waals surface area contributed by atoms with Crippen LogP contribution in [-0.2, 0) is 0 Å². The first-order valence-corrected chi connectivity index (χ1v) is 9.51. The average Bonchev–Trinajstić information content (AvgIpc) is 2.65. The van der Waals surface area contributed by atoms with Gasteiger partial charge in [-0.15, -0.1) is 0 Å². The lowest BCUT2D eigenvalue weighted by Gasteiger charge is -2.24. The smallest absolute Gasteiger partial charge is 0.258 e. The van der Waals surface area contributed by atoms with Crippen LogP contribution in [0.5, 0.6) is 0 Å². The Kier molecular flexibility index (Phi) is 6.76. The zero-order valence-electron chi connectivity index (χ0n) is 15.4. The maximum Gasteiger partial charge on any atom is 0.258 e. The van der Waals surface area contributed by atoms with Gasteiger partial charge >= 0.3 is 0 Å². The molecule has 4 N–H and O–H groups in total. The molecule has 0 atom stereocenters. The van der Waals surface area contributed by atoms with E-state index in [1.54, 1.807) is 0 Å². The first-order chi connectivity index (χ1) is 13.8. The topological polar surface area (TPSA) is 79.5 Å². The number of anilines is 1. The van der Waals surface area contributed by atoms with E-state index >= 15 is 0 Å². The molecular weight excluding hydrogens is 405 g/mol. The van der Waals surface area contributed by atoms with Crippen LogP contribution in [0.4, 0.5) is 18.9 Å². The van der Waals surface area contributed by atoms with Crippen molar-refractivity contribution in [3.05, 3.63) is 64.4 Å². The molecule has 1 fully saturated rings. The third-order valence-electron chi connectivity index (χ3n) is 4.59. The Balaban J connectivity index is 1.83.